The first-order valence-electron chi connectivity index (χ1n) is 6.48. The minimum Gasteiger partial charge on any atom is -0.451 e. The molecule has 2 N–H and O–H groups in total. The van der Waals surface area contributed by atoms with E-state index in [0.717, 1.165) is 16.0 Å². The molecular weight excluding hydrogens is 286 g/mol. The first-order chi connectivity index (χ1) is 10.0. The van der Waals surface area contributed by atoms with Gasteiger partial charge in [0, 0.05) is 23.0 Å². The normalized spacial score (nSPS) is 11.0. The second kappa shape index (κ2) is 5.21. The van der Waals surface area contributed by atoms with Crippen molar-refractivity contribution in [2.75, 3.05) is 12.8 Å². The van der Waals surface area contributed by atoms with Crippen molar-refractivity contribution in [1.29, 1.82) is 0 Å². The van der Waals surface area contributed by atoms with E-state index in [4.69, 9.17) is 10.2 Å². The zero-order valence-electron chi connectivity index (χ0n) is 11.8. The Kier molecular flexibility index (Phi) is 3.39. The molecule has 0 bridgehead atoms. The van der Waals surface area contributed by atoms with Gasteiger partial charge in [-0.25, -0.2) is 4.98 Å². The second-order valence-corrected chi connectivity index (χ2v) is 5.87. The molecule has 5 nitrogen and oxygen atoms in total. The van der Waals surface area contributed by atoms with Crippen molar-refractivity contribution in [3.8, 4) is 0 Å². The Morgan fingerprint density at radius 1 is 1.43 bits per heavy atom. The van der Waals surface area contributed by atoms with E-state index >= 15 is 0 Å². The van der Waals surface area contributed by atoms with Gasteiger partial charge < -0.3 is 15.1 Å². The summed E-state index contributed by atoms with van der Waals surface area (Å²) >= 11 is 1.55. The van der Waals surface area contributed by atoms with E-state index in [1.165, 1.54) is 0 Å². The molecule has 0 fully saturated rings. The minimum atomic E-state index is -0.155. The SMILES string of the molecule is Cc1ncsc1CN(C)C(=O)c1cc2cc(N)ccc2o1. The van der Waals surface area contributed by atoms with Gasteiger partial charge >= 0.3 is 0 Å². The largest absolute Gasteiger partial charge is 0.451 e. The summed E-state index contributed by atoms with van der Waals surface area (Å²) in [7, 11) is 1.75. The number of hydrogen-bond acceptors (Lipinski definition) is 5. The molecule has 0 saturated heterocycles. The average Bonchev–Trinajstić information content (AvgIpc) is 3.04. The predicted molar refractivity (Wildman–Crippen MR) is 83.3 cm³/mol. The van der Waals surface area contributed by atoms with E-state index in [0.29, 0.717) is 23.6 Å². The van der Waals surface area contributed by atoms with Crippen LogP contribution in [0.4, 0.5) is 5.69 Å². The molecule has 1 amide bonds. The summed E-state index contributed by atoms with van der Waals surface area (Å²) in [4.78, 5) is 19.3. The maximum absolute atomic E-state index is 12.4. The fourth-order valence-corrected chi connectivity index (χ4v) is 2.95. The Bertz CT molecular complexity index is 806. The number of nitrogen functional groups attached to an aromatic ring is 1. The molecule has 0 spiro atoms. The van der Waals surface area contributed by atoms with Gasteiger partial charge in [-0.1, -0.05) is 0 Å². The van der Waals surface area contributed by atoms with Gasteiger partial charge in [-0.15, -0.1) is 11.3 Å². The van der Waals surface area contributed by atoms with Crippen LogP contribution < -0.4 is 5.73 Å². The number of rotatable bonds is 3. The summed E-state index contributed by atoms with van der Waals surface area (Å²) in [5.41, 5.74) is 9.78. The standard InChI is InChI=1S/C15H15N3O2S/c1-9-14(21-8-17-9)7-18(2)15(19)13-6-10-5-11(16)3-4-12(10)20-13/h3-6,8H,7,16H2,1-2H3. The molecule has 0 aliphatic carbocycles. The number of nitrogens with two attached hydrogens (primary N) is 1. The van der Waals surface area contributed by atoms with Crippen molar-refractivity contribution >= 4 is 33.9 Å². The van der Waals surface area contributed by atoms with Crippen LogP contribution in [0, 0.1) is 6.92 Å². The number of thiazole rings is 1. The molecule has 2 aromatic heterocycles. The van der Waals surface area contributed by atoms with Crippen molar-refractivity contribution in [3.63, 3.8) is 0 Å². The Labute approximate surface area is 126 Å². The summed E-state index contributed by atoms with van der Waals surface area (Å²) in [5, 5.41) is 0.834. The number of benzene rings is 1. The topological polar surface area (TPSA) is 72.4 Å². The van der Waals surface area contributed by atoms with Gasteiger partial charge in [-0.05, 0) is 31.2 Å². The van der Waals surface area contributed by atoms with Gasteiger partial charge in [-0.3, -0.25) is 4.79 Å². The number of aryl methyl sites for hydroxylation is 1. The molecule has 108 valence electrons. The van der Waals surface area contributed by atoms with Crippen molar-refractivity contribution < 1.29 is 9.21 Å². The number of fused-ring (bicyclic) bond motifs is 1. The summed E-state index contributed by atoms with van der Waals surface area (Å²) in [6.07, 6.45) is 0. The molecule has 3 aromatic rings. The molecule has 0 saturated carbocycles. The molecule has 0 radical (unpaired) electrons. The highest BCUT2D eigenvalue weighted by molar-refractivity contribution is 7.09. The number of carbonyl (C=O) groups is 1. The van der Waals surface area contributed by atoms with Gasteiger partial charge in [0.25, 0.3) is 5.91 Å². The van der Waals surface area contributed by atoms with E-state index in [1.807, 2.05) is 6.92 Å². The number of carbonyl (C=O) groups excluding carboxylic acids is 1. The van der Waals surface area contributed by atoms with Gasteiger partial charge in [0.15, 0.2) is 5.76 Å². The molecule has 0 atom stereocenters. The number of hydrogen-bond donors (Lipinski definition) is 1. The van der Waals surface area contributed by atoms with Crippen molar-refractivity contribution in [2.24, 2.45) is 0 Å². The van der Waals surface area contributed by atoms with Crippen LogP contribution in [0.3, 0.4) is 0 Å². The zero-order chi connectivity index (χ0) is 15.0. The smallest absolute Gasteiger partial charge is 0.289 e. The third-order valence-electron chi connectivity index (χ3n) is 3.32. The highest BCUT2D eigenvalue weighted by Gasteiger charge is 2.18. The fourth-order valence-electron chi connectivity index (χ4n) is 2.12. The first kappa shape index (κ1) is 13.6. The summed E-state index contributed by atoms with van der Waals surface area (Å²) in [5.74, 6) is 0.165. The third-order valence-corrected chi connectivity index (χ3v) is 4.24. The Morgan fingerprint density at radius 2 is 2.24 bits per heavy atom. The van der Waals surface area contributed by atoms with Crippen LogP contribution in [0.2, 0.25) is 0 Å². The van der Waals surface area contributed by atoms with Crippen molar-refractivity contribution in [2.45, 2.75) is 13.5 Å². The molecular formula is C15H15N3O2S. The van der Waals surface area contributed by atoms with Gasteiger partial charge in [-0.2, -0.15) is 0 Å². The molecule has 3 rings (SSSR count). The maximum atomic E-state index is 12.4. The quantitative estimate of drug-likeness (QED) is 0.755. The van der Waals surface area contributed by atoms with Crippen molar-refractivity contribution in [1.82, 2.24) is 9.88 Å². The van der Waals surface area contributed by atoms with Crippen LogP contribution in [0.25, 0.3) is 11.0 Å². The fraction of sp³-hybridized carbons (Fsp3) is 0.200. The number of anilines is 1. The van der Waals surface area contributed by atoms with Crippen LogP contribution >= 0.6 is 11.3 Å². The van der Waals surface area contributed by atoms with E-state index in [2.05, 4.69) is 4.98 Å². The highest BCUT2D eigenvalue weighted by Crippen LogP contribution is 2.23. The second-order valence-electron chi connectivity index (χ2n) is 4.93. The lowest BCUT2D eigenvalue weighted by Crippen LogP contribution is -2.25. The van der Waals surface area contributed by atoms with Gasteiger partial charge in [0.05, 0.1) is 17.7 Å². The molecule has 0 aliphatic heterocycles. The molecule has 0 aliphatic rings. The third kappa shape index (κ3) is 2.62. The van der Waals surface area contributed by atoms with E-state index < -0.39 is 0 Å². The Hall–Kier alpha value is -2.34. The monoisotopic (exact) mass is 301 g/mol. The lowest BCUT2D eigenvalue weighted by Gasteiger charge is -2.14. The highest BCUT2D eigenvalue weighted by atomic mass is 32.1. The van der Waals surface area contributed by atoms with Gasteiger partial charge in [0.2, 0.25) is 0 Å². The zero-order valence-corrected chi connectivity index (χ0v) is 12.6. The Morgan fingerprint density at radius 3 is 2.95 bits per heavy atom. The first-order valence-corrected chi connectivity index (χ1v) is 7.36. The van der Waals surface area contributed by atoms with Crippen LogP contribution in [0.15, 0.2) is 34.2 Å². The van der Waals surface area contributed by atoms with E-state index in [-0.39, 0.29) is 5.91 Å². The molecule has 21 heavy (non-hydrogen) atoms. The number of amides is 1. The summed E-state index contributed by atoms with van der Waals surface area (Å²) in [6.45, 7) is 2.46. The van der Waals surface area contributed by atoms with Crippen LogP contribution in [-0.2, 0) is 6.54 Å². The van der Waals surface area contributed by atoms with E-state index in [9.17, 15) is 4.79 Å². The molecule has 6 heteroatoms. The lowest BCUT2D eigenvalue weighted by atomic mass is 10.2. The number of nitrogens with zero attached hydrogens (tertiary/aromatic N) is 2. The summed E-state index contributed by atoms with van der Waals surface area (Å²) in [6, 6.07) is 7.05. The molecule has 2 heterocycles. The van der Waals surface area contributed by atoms with Gasteiger partial charge in [0.1, 0.15) is 5.58 Å². The van der Waals surface area contributed by atoms with Crippen LogP contribution in [0.5, 0.6) is 0 Å². The van der Waals surface area contributed by atoms with Crippen LogP contribution in [0.1, 0.15) is 21.1 Å². The maximum Gasteiger partial charge on any atom is 0.289 e. The minimum absolute atomic E-state index is 0.155. The van der Waals surface area contributed by atoms with Crippen molar-refractivity contribution in [3.05, 3.63) is 46.1 Å². The molecule has 1 aromatic carbocycles. The van der Waals surface area contributed by atoms with E-state index in [1.54, 1.807) is 53.1 Å². The predicted octanol–water partition coefficient (Wildman–Crippen LogP) is 3.05. The number of furan rings is 1. The number of aromatic nitrogens is 1. The molecule has 0 unspecified atom stereocenters. The summed E-state index contributed by atoms with van der Waals surface area (Å²) < 4.78 is 5.60. The lowest BCUT2D eigenvalue weighted by molar-refractivity contribution is 0.0757. The Balaban J connectivity index is 1.84. The average molecular weight is 301 g/mol. The van der Waals surface area contributed by atoms with Crippen LogP contribution in [-0.4, -0.2) is 22.8 Å².